The zero-order valence-electron chi connectivity index (χ0n) is 11.6. The zero-order chi connectivity index (χ0) is 13.3. The van der Waals surface area contributed by atoms with Gasteiger partial charge in [-0.1, -0.05) is 19.9 Å². The van der Waals surface area contributed by atoms with Crippen LogP contribution in [0, 0.1) is 0 Å². The van der Waals surface area contributed by atoms with Gasteiger partial charge in [-0.25, -0.2) is 0 Å². The first-order valence-corrected chi connectivity index (χ1v) is 7.04. The molecule has 1 unspecified atom stereocenters. The van der Waals surface area contributed by atoms with Gasteiger partial charge in [-0.2, -0.15) is 0 Å². The standard InChI is InChI=1S/C15H21NO3/c1-3-15(4-2)9-16-8-14(19-15)11-5-6-12-13(7-11)18-10-17-12/h5-7,14,16H,3-4,8-10H2,1-2H3. The van der Waals surface area contributed by atoms with Crippen LogP contribution < -0.4 is 14.8 Å². The molecule has 1 atom stereocenters. The molecule has 2 aliphatic rings. The predicted octanol–water partition coefficient (Wildman–Crippen LogP) is 2.64. The molecule has 4 nitrogen and oxygen atoms in total. The smallest absolute Gasteiger partial charge is 0.231 e. The van der Waals surface area contributed by atoms with E-state index in [-0.39, 0.29) is 11.7 Å². The third kappa shape index (κ3) is 2.30. The maximum atomic E-state index is 6.36. The van der Waals surface area contributed by atoms with E-state index in [1.54, 1.807) is 0 Å². The van der Waals surface area contributed by atoms with E-state index in [2.05, 4.69) is 25.2 Å². The Hall–Kier alpha value is -1.26. The second kappa shape index (κ2) is 5.02. The van der Waals surface area contributed by atoms with Gasteiger partial charge in [0.25, 0.3) is 0 Å². The van der Waals surface area contributed by atoms with Crippen LogP contribution in [0.4, 0.5) is 0 Å². The van der Waals surface area contributed by atoms with Gasteiger partial charge < -0.3 is 19.5 Å². The maximum Gasteiger partial charge on any atom is 0.231 e. The van der Waals surface area contributed by atoms with E-state index in [1.807, 2.05) is 12.1 Å². The lowest BCUT2D eigenvalue weighted by atomic mass is 9.93. The van der Waals surface area contributed by atoms with Gasteiger partial charge in [0.1, 0.15) is 0 Å². The molecule has 1 N–H and O–H groups in total. The molecule has 19 heavy (non-hydrogen) atoms. The lowest BCUT2D eigenvalue weighted by Gasteiger charge is -2.41. The molecule has 0 spiro atoms. The molecule has 1 fully saturated rings. The van der Waals surface area contributed by atoms with E-state index in [0.29, 0.717) is 6.79 Å². The SMILES string of the molecule is CCC1(CC)CNCC(c2ccc3c(c2)OCO3)O1. The van der Waals surface area contributed by atoms with Crippen LogP contribution >= 0.6 is 0 Å². The zero-order valence-corrected chi connectivity index (χ0v) is 11.6. The van der Waals surface area contributed by atoms with Gasteiger partial charge in [0.05, 0.1) is 11.7 Å². The fourth-order valence-corrected chi connectivity index (χ4v) is 2.78. The third-order valence-electron chi connectivity index (χ3n) is 4.23. The van der Waals surface area contributed by atoms with Gasteiger partial charge in [0.15, 0.2) is 11.5 Å². The minimum Gasteiger partial charge on any atom is -0.454 e. The van der Waals surface area contributed by atoms with Crippen LogP contribution in [0.25, 0.3) is 0 Å². The van der Waals surface area contributed by atoms with Crippen molar-refractivity contribution in [1.29, 1.82) is 0 Å². The summed E-state index contributed by atoms with van der Waals surface area (Å²) in [6.45, 7) is 6.47. The minimum absolute atomic E-state index is 0.0424. The topological polar surface area (TPSA) is 39.7 Å². The Balaban J connectivity index is 1.82. The minimum atomic E-state index is -0.0424. The molecule has 2 heterocycles. The summed E-state index contributed by atoms with van der Waals surface area (Å²) < 4.78 is 17.1. The molecule has 0 saturated carbocycles. The van der Waals surface area contributed by atoms with Crippen molar-refractivity contribution in [3.63, 3.8) is 0 Å². The Bertz CT molecular complexity index is 457. The monoisotopic (exact) mass is 263 g/mol. The number of ether oxygens (including phenoxy) is 3. The van der Waals surface area contributed by atoms with E-state index in [0.717, 1.165) is 43.0 Å². The van der Waals surface area contributed by atoms with Crippen molar-refractivity contribution in [1.82, 2.24) is 5.32 Å². The molecular formula is C15H21NO3. The van der Waals surface area contributed by atoms with Crippen molar-refractivity contribution < 1.29 is 14.2 Å². The van der Waals surface area contributed by atoms with Gasteiger partial charge >= 0.3 is 0 Å². The number of nitrogens with one attached hydrogen (secondary N) is 1. The number of benzene rings is 1. The molecule has 0 bridgehead atoms. The van der Waals surface area contributed by atoms with E-state index >= 15 is 0 Å². The van der Waals surface area contributed by atoms with E-state index < -0.39 is 0 Å². The van der Waals surface area contributed by atoms with Crippen LogP contribution in [0.3, 0.4) is 0 Å². The molecule has 104 valence electrons. The lowest BCUT2D eigenvalue weighted by Crippen LogP contribution is -2.50. The van der Waals surface area contributed by atoms with Crippen LogP contribution in [-0.2, 0) is 4.74 Å². The van der Waals surface area contributed by atoms with Crippen molar-refractivity contribution in [3.05, 3.63) is 23.8 Å². The highest BCUT2D eigenvalue weighted by Crippen LogP contribution is 2.37. The molecule has 2 aliphatic heterocycles. The summed E-state index contributed by atoms with van der Waals surface area (Å²) in [5.41, 5.74) is 1.11. The molecule has 0 amide bonds. The van der Waals surface area contributed by atoms with Crippen LogP contribution in [0.1, 0.15) is 38.4 Å². The highest BCUT2D eigenvalue weighted by Gasteiger charge is 2.35. The molecule has 1 aromatic carbocycles. The van der Waals surface area contributed by atoms with E-state index in [1.165, 1.54) is 0 Å². The molecular weight excluding hydrogens is 242 g/mol. The van der Waals surface area contributed by atoms with Crippen molar-refractivity contribution in [2.45, 2.75) is 38.4 Å². The number of hydrogen-bond acceptors (Lipinski definition) is 4. The summed E-state index contributed by atoms with van der Waals surface area (Å²) in [7, 11) is 0. The Morgan fingerprint density at radius 3 is 2.79 bits per heavy atom. The summed E-state index contributed by atoms with van der Waals surface area (Å²) in [5.74, 6) is 1.65. The van der Waals surface area contributed by atoms with Gasteiger partial charge in [0, 0.05) is 13.1 Å². The van der Waals surface area contributed by atoms with Crippen molar-refractivity contribution in [2.75, 3.05) is 19.9 Å². The first-order valence-electron chi connectivity index (χ1n) is 7.04. The summed E-state index contributed by atoms with van der Waals surface area (Å²) in [6.07, 6.45) is 2.14. The average Bonchev–Trinajstić information content (AvgIpc) is 2.94. The number of rotatable bonds is 3. The Labute approximate surface area is 114 Å². The summed E-state index contributed by atoms with van der Waals surface area (Å²) in [6, 6.07) is 6.08. The van der Waals surface area contributed by atoms with Gasteiger partial charge in [-0.15, -0.1) is 0 Å². The van der Waals surface area contributed by atoms with Crippen molar-refractivity contribution in [3.8, 4) is 11.5 Å². The fourth-order valence-electron chi connectivity index (χ4n) is 2.78. The fraction of sp³-hybridized carbons (Fsp3) is 0.600. The summed E-state index contributed by atoms with van der Waals surface area (Å²) in [5, 5.41) is 3.50. The molecule has 0 aromatic heterocycles. The number of hydrogen-bond donors (Lipinski definition) is 1. The molecule has 3 rings (SSSR count). The lowest BCUT2D eigenvalue weighted by molar-refractivity contribution is -0.122. The van der Waals surface area contributed by atoms with Crippen LogP contribution in [0.5, 0.6) is 11.5 Å². The van der Waals surface area contributed by atoms with Crippen LogP contribution in [0.2, 0.25) is 0 Å². The van der Waals surface area contributed by atoms with Gasteiger partial charge in [-0.05, 0) is 30.5 Å². The first kappa shape index (κ1) is 12.8. The number of fused-ring (bicyclic) bond motifs is 1. The van der Waals surface area contributed by atoms with Gasteiger partial charge in [0.2, 0.25) is 6.79 Å². The third-order valence-corrected chi connectivity index (χ3v) is 4.23. The van der Waals surface area contributed by atoms with Crippen molar-refractivity contribution in [2.24, 2.45) is 0 Å². The summed E-state index contributed by atoms with van der Waals surface area (Å²) in [4.78, 5) is 0. The van der Waals surface area contributed by atoms with Crippen LogP contribution in [-0.4, -0.2) is 25.5 Å². The molecule has 4 heteroatoms. The second-order valence-corrected chi connectivity index (χ2v) is 5.24. The van der Waals surface area contributed by atoms with Crippen molar-refractivity contribution >= 4 is 0 Å². The second-order valence-electron chi connectivity index (χ2n) is 5.24. The van der Waals surface area contributed by atoms with E-state index in [9.17, 15) is 0 Å². The summed E-state index contributed by atoms with van der Waals surface area (Å²) >= 11 is 0. The Morgan fingerprint density at radius 1 is 1.21 bits per heavy atom. The quantitative estimate of drug-likeness (QED) is 0.910. The molecule has 0 aliphatic carbocycles. The Kier molecular flexibility index (Phi) is 3.37. The number of morpholine rings is 1. The highest BCUT2D eigenvalue weighted by atomic mass is 16.7. The van der Waals surface area contributed by atoms with Gasteiger partial charge in [-0.3, -0.25) is 0 Å². The maximum absolute atomic E-state index is 6.36. The largest absolute Gasteiger partial charge is 0.454 e. The average molecular weight is 263 g/mol. The van der Waals surface area contributed by atoms with E-state index in [4.69, 9.17) is 14.2 Å². The normalized spacial score (nSPS) is 24.4. The highest BCUT2D eigenvalue weighted by molar-refractivity contribution is 5.45. The molecule has 1 saturated heterocycles. The molecule has 0 radical (unpaired) electrons. The molecule has 1 aromatic rings. The Morgan fingerprint density at radius 2 is 2.00 bits per heavy atom. The van der Waals surface area contributed by atoms with Crippen LogP contribution in [0.15, 0.2) is 18.2 Å². The predicted molar refractivity (Wildman–Crippen MR) is 72.6 cm³/mol. The first-order chi connectivity index (χ1) is 9.26.